The Morgan fingerprint density at radius 1 is 1.38 bits per heavy atom. The van der Waals surface area contributed by atoms with Crippen LogP contribution in [-0.4, -0.2) is 5.97 Å². The van der Waals surface area contributed by atoms with Gasteiger partial charge < -0.3 is 4.74 Å². The van der Waals surface area contributed by atoms with Gasteiger partial charge in [0.1, 0.15) is 6.10 Å². The molecule has 0 spiro atoms. The largest absolute Gasteiger partial charge is 0.454 e. The fourth-order valence-corrected chi connectivity index (χ4v) is 1.61. The Kier molecular flexibility index (Phi) is 3.88. The number of esters is 1. The predicted octanol–water partition coefficient (Wildman–Crippen LogP) is 3.48. The SMILES string of the molecule is C=C(C)C(=O)OC(C)c1ccc(C)cc1C. The van der Waals surface area contributed by atoms with Crippen LogP contribution in [0, 0.1) is 13.8 Å². The molecule has 0 fully saturated rings. The monoisotopic (exact) mass is 218 g/mol. The molecule has 0 saturated heterocycles. The van der Waals surface area contributed by atoms with Gasteiger partial charge in [-0.1, -0.05) is 30.3 Å². The molecule has 1 aromatic carbocycles. The summed E-state index contributed by atoms with van der Waals surface area (Å²) in [6, 6.07) is 6.11. The van der Waals surface area contributed by atoms with Gasteiger partial charge in [0.15, 0.2) is 0 Å². The molecular formula is C14H18O2. The minimum Gasteiger partial charge on any atom is -0.454 e. The lowest BCUT2D eigenvalue weighted by molar-refractivity contribution is -0.143. The van der Waals surface area contributed by atoms with Crippen LogP contribution in [0.15, 0.2) is 30.4 Å². The van der Waals surface area contributed by atoms with Crippen LogP contribution in [0.1, 0.15) is 36.6 Å². The molecule has 0 amide bonds. The lowest BCUT2D eigenvalue weighted by Gasteiger charge is -2.16. The van der Waals surface area contributed by atoms with E-state index >= 15 is 0 Å². The fraction of sp³-hybridized carbons (Fsp3) is 0.357. The van der Waals surface area contributed by atoms with Crippen LogP contribution in [0.2, 0.25) is 0 Å². The third-order valence-electron chi connectivity index (χ3n) is 2.50. The van der Waals surface area contributed by atoms with Crippen molar-refractivity contribution in [2.45, 2.75) is 33.8 Å². The van der Waals surface area contributed by atoms with Crippen molar-refractivity contribution in [3.63, 3.8) is 0 Å². The Bertz CT molecular complexity index is 419. The molecule has 1 unspecified atom stereocenters. The number of rotatable bonds is 3. The van der Waals surface area contributed by atoms with Gasteiger partial charge in [-0.3, -0.25) is 0 Å². The maximum absolute atomic E-state index is 11.4. The second kappa shape index (κ2) is 4.97. The van der Waals surface area contributed by atoms with E-state index in [9.17, 15) is 4.79 Å². The molecule has 16 heavy (non-hydrogen) atoms. The van der Waals surface area contributed by atoms with E-state index in [0.29, 0.717) is 5.57 Å². The highest BCUT2D eigenvalue weighted by molar-refractivity contribution is 5.87. The van der Waals surface area contributed by atoms with Crippen LogP contribution >= 0.6 is 0 Å². The molecule has 0 saturated carbocycles. The Hall–Kier alpha value is -1.57. The van der Waals surface area contributed by atoms with Crippen LogP contribution < -0.4 is 0 Å². The summed E-state index contributed by atoms with van der Waals surface area (Å²) in [6.45, 7) is 11.2. The first kappa shape index (κ1) is 12.5. The quantitative estimate of drug-likeness (QED) is 0.573. The second-order valence-corrected chi connectivity index (χ2v) is 4.19. The summed E-state index contributed by atoms with van der Waals surface area (Å²) in [5.41, 5.74) is 3.82. The number of carbonyl (C=O) groups excluding carboxylic acids is 1. The zero-order valence-electron chi connectivity index (χ0n) is 10.3. The van der Waals surface area contributed by atoms with Crippen molar-refractivity contribution in [3.8, 4) is 0 Å². The van der Waals surface area contributed by atoms with Gasteiger partial charge in [0, 0.05) is 5.57 Å². The lowest BCUT2D eigenvalue weighted by Crippen LogP contribution is -2.10. The lowest BCUT2D eigenvalue weighted by atomic mass is 10.0. The van der Waals surface area contributed by atoms with Crippen molar-refractivity contribution in [2.75, 3.05) is 0 Å². The second-order valence-electron chi connectivity index (χ2n) is 4.19. The van der Waals surface area contributed by atoms with Crippen LogP contribution in [0.25, 0.3) is 0 Å². The molecule has 0 aliphatic carbocycles. The maximum atomic E-state index is 11.4. The number of carbonyl (C=O) groups is 1. The molecule has 0 radical (unpaired) electrons. The van der Waals surface area contributed by atoms with Gasteiger partial charge in [0.2, 0.25) is 0 Å². The minimum atomic E-state index is -0.340. The third-order valence-corrected chi connectivity index (χ3v) is 2.50. The van der Waals surface area contributed by atoms with Crippen molar-refractivity contribution >= 4 is 5.97 Å². The summed E-state index contributed by atoms with van der Waals surface area (Å²) in [5, 5.41) is 0. The molecule has 2 nitrogen and oxygen atoms in total. The molecule has 0 aromatic heterocycles. The summed E-state index contributed by atoms with van der Waals surface area (Å²) in [6.07, 6.45) is -0.232. The van der Waals surface area contributed by atoms with Crippen LogP contribution in [-0.2, 0) is 9.53 Å². The smallest absolute Gasteiger partial charge is 0.333 e. The number of hydrogen-bond acceptors (Lipinski definition) is 2. The van der Waals surface area contributed by atoms with Crippen LogP contribution in [0.4, 0.5) is 0 Å². The Balaban J connectivity index is 2.84. The zero-order chi connectivity index (χ0) is 12.3. The molecular weight excluding hydrogens is 200 g/mol. The molecule has 2 heteroatoms. The molecule has 86 valence electrons. The zero-order valence-corrected chi connectivity index (χ0v) is 10.3. The van der Waals surface area contributed by atoms with Crippen molar-refractivity contribution in [2.24, 2.45) is 0 Å². The fourth-order valence-electron chi connectivity index (χ4n) is 1.61. The van der Waals surface area contributed by atoms with Gasteiger partial charge in [-0.2, -0.15) is 0 Å². The summed E-state index contributed by atoms with van der Waals surface area (Å²) >= 11 is 0. The van der Waals surface area contributed by atoms with Gasteiger partial charge in [-0.05, 0) is 38.8 Å². The Labute approximate surface area is 96.9 Å². The van der Waals surface area contributed by atoms with E-state index in [1.165, 1.54) is 5.56 Å². The van der Waals surface area contributed by atoms with Gasteiger partial charge >= 0.3 is 5.97 Å². The average molecular weight is 218 g/mol. The molecule has 0 aliphatic rings. The van der Waals surface area contributed by atoms with Gasteiger partial charge in [-0.25, -0.2) is 4.79 Å². The van der Waals surface area contributed by atoms with Gasteiger partial charge in [-0.15, -0.1) is 0 Å². The van der Waals surface area contributed by atoms with Crippen molar-refractivity contribution in [1.82, 2.24) is 0 Å². The summed E-state index contributed by atoms with van der Waals surface area (Å²) in [5.74, 6) is -0.340. The summed E-state index contributed by atoms with van der Waals surface area (Å²) < 4.78 is 5.28. The van der Waals surface area contributed by atoms with E-state index in [1.54, 1.807) is 6.92 Å². The minimum absolute atomic E-state index is 0.232. The first-order valence-corrected chi connectivity index (χ1v) is 5.35. The van der Waals surface area contributed by atoms with Crippen molar-refractivity contribution in [3.05, 3.63) is 47.0 Å². The van der Waals surface area contributed by atoms with E-state index in [-0.39, 0.29) is 12.1 Å². The van der Waals surface area contributed by atoms with E-state index in [4.69, 9.17) is 4.74 Å². The number of aryl methyl sites for hydroxylation is 2. The molecule has 0 aliphatic heterocycles. The summed E-state index contributed by atoms with van der Waals surface area (Å²) in [4.78, 5) is 11.4. The van der Waals surface area contributed by atoms with E-state index in [1.807, 2.05) is 32.9 Å². The number of benzene rings is 1. The molecule has 1 aromatic rings. The highest BCUT2D eigenvalue weighted by Crippen LogP contribution is 2.22. The molecule has 1 atom stereocenters. The average Bonchev–Trinajstić information content (AvgIpc) is 2.16. The number of hydrogen-bond donors (Lipinski definition) is 0. The standard InChI is InChI=1S/C14H18O2/c1-9(2)14(15)16-12(5)13-7-6-10(3)8-11(13)4/h6-8,12H,1H2,2-5H3. The van der Waals surface area contributed by atoms with E-state index < -0.39 is 0 Å². The summed E-state index contributed by atoms with van der Waals surface area (Å²) in [7, 11) is 0. The highest BCUT2D eigenvalue weighted by Gasteiger charge is 2.13. The first-order valence-electron chi connectivity index (χ1n) is 5.35. The molecule has 1 rings (SSSR count). The van der Waals surface area contributed by atoms with E-state index in [2.05, 4.69) is 12.6 Å². The third kappa shape index (κ3) is 2.96. The number of ether oxygens (including phenoxy) is 1. The van der Waals surface area contributed by atoms with Gasteiger partial charge in [0.05, 0.1) is 0 Å². The van der Waals surface area contributed by atoms with Crippen molar-refractivity contribution in [1.29, 1.82) is 0 Å². The van der Waals surface area contributed by atoms with Gasteiger partial charge in [0.25, 0.3) is 0 Å². The van der Waals surface area contributed by atoms with Crippen LogP contribution in [0.5, 0.6) is 0 Å². The molecule has 0 heterocycles. The van der Waals surface area contributed by atoms with E-state index in [0.717, 1.165) is 11.1 Å². The van der Waals surface area contributed by atoms with Crippen molar-refractivity contribution < 1.29 is 9.53 Å². The van der Waals surface area contributed by atoms with Crippen LogP contribution in [0.3, 0.4) is 0 Å². The predicted molar refractivity (Wildman–Crippen MR) is 65.2 cm³/mol. The molecule has 0 bridgehead atoms. The first-order chi connectivity index (χ1) is 7.41. The molecule has 0 N–H and O–H groups in total. The highest BCUT2D eigenvalue weighted by atomic mass is 16.5. The maximum Gasteiger partial charge on any atom is 0.333 e. The topological polar surface area (TPSA) is 26.3 Å². The normalized spacial score (nSPS) is 12.0. The Morgan fingerprint density at radius 2 is 2.00 bits per heavy atom. The Morgan fingerprint density at radius 3 is 2.50 bits per heavy atom.